The highest BCUT2D eigenvalue weighted by Crippen LogP contribution is 2.29. The fraction of sp³-hybridized carbons (Fsp3) is 0.0667. The molecule has 114 valence electrons. The van der Waals surface area contributed by atoms with Gasteiger partial charge >= 0.3 is 0 Å². The summed E-state index contributed by atoms with van der Waals surface area (Å²) in [5, 5.41) is 15.0. The van der Waals surface area contributed by atoms with E-state index in [-0.39, 0.29) is 0 Å². The minimum atomic E-state index is 0.550. The second kappa shape index (κ2) is 5.88. The topological polar surface area (TPSA) is 56.0 Å². The molecule has 0 aliphatic rings. The zero-order valence-corrected chi connectivity index (χ0v) is 14.0. The molecule has 0 saturated carbocycles. The molecule has 0 amide bonds. The number of rotatable bonds is 3. The van der Waals surface area contributed by atoms with Gasteiger partial charge in [-0.15, -0.1) is 10.2 Å². The molecule has 0 fully saturated rings. The second-order valence-electron chi connectivity index (χ2n) is 4.81. The van der Waals surface area contributed by atoms with Gasteiger partial charge < -0.3 is 0 Å². The van der Waals surface area contributed by atoms with Crippen LogP contribution in [0.25, 0.3) is 16.5 Å². The monoisotopic (exact) mass is 361 g/mol. The third kappa shape index (κ3) is 2.69. The van der Waals surface area contributed by atoms with Crippen LogP contribution in [0.4, 0.5) is 0 Å². The fourth-order valence-electron chi connectivity index (χ4n) is 2.24. The summed E-state index contributed by atoms with van der Waals surface area (Å²) >= 11 is 13.9. The average Bonchev–Trinajstić information content (AvgIpc) is 3.12. The predicted molar refractivity (Wildman–Crippen MR) is 91.2 cm³/mol. The van der Waals surface area contributed by atoms with Crippen LogP contribution in [0.5, 0.6) is 0 Å². The summed E-state index contributed by atoms with van der Waals surface area (Å²) in [6.45, 7) is 0. The smallest absolute Gasteiger partial charge is 0.235 e. The Morgan fingerprint density at radius 1 is 1.00 bits per heavy atom. The van der Waals surface area contributed by atoms with E-state index in [4.69, 9.17) is 23.2 Å². The standard InChI is InChI=1S/C15H9Cl2N5S/c16-10-4-3-5-11(17)9(10)8-13-21-22-14(19-20-15(22)23-13)12-6-1-2-7-18-12/h1-7H,8H2. The molecule has 3 aromatic heterocycles. The molecule has 3 heterocycles. The Labute approximate surface area is 145 Å². The number of halogens is 2. The maximum Gasteiger partial charge on any atom is 0.235 e. The lowest BCUT2D eigenvalue weighted by Gasteiger charge is -2.03. The molecule has 8 heteroatoms. The zero-order chi connectivity index (χ0) is 15.8. The van der Waals surface area contributed by atoms with E-state index in [1.807, 2.05) is 36.4 Å². The van der Waals surface area contributed by atoms with Crippen LogP contribution in [0, 0.1) is 0 Å². The van der Waals surface area contributed by atoms with Gasteiger partial charge in [-0.2, -0.15) is 9.61 Å². The van der Waals surface area contributed by atoms with Crippen molar-refractivity contribution in [1.82, 2.24) is 24.8 Å². The van der Waals surface area contributed by atoms with E-state index in [1.165, 1.54) is 11.3 Å². The molecule has 0 N–H and O–H groups in total. The van der Waals surface area contributed by atoms with Crippen molar-refractivity contribution in [2.75, 3.05) is 0 Å². The van der Waals surface area contributed by atoms with E-state index in [1.54, 1.807) is 10.7 Å². The normalized spacial score (nSPS) is 11.2. The van der Waals surface area contributed by atoms with Crippen LogP contribution in [0.1, 0.15) is 10.6 Å². The van der Waals surface area contributed by atoms with Gasteiger partial charge in [-0.3, -0.25) is 4.98 Å². The molecule has 0 atom stereocenters. The molecule has 0 saturated heterocycles. The molecular formula is C15H9Cl2N5S. The summed E-state index contributed by atoms with van der Waals surface area (Å²) in [7, 11) is 0. The maximum absolute atomic E-state index is 6.23. The number of hydrogen-bond donors (Lipinski definition) is 0. The van der Waals surface area contributed by atoms with Gasteiger partial charge in [0, 0.05) is 22.7 Å². The number of nitrogens with zero attached hydrogens (tertiary/aromatic N) is 5. The van der Waals surface area contributed by atoms with E-state index < -0.39 is 0 Å². The average molecular weight is 362 g/mol. The summed E-state index contributed by atoms with van der Waals surface area (Å²) in [5.74, 6) is 0.619. The Kier molecular flexibility index (Phi) is 3.72. The van der Waals surface area contributed by atoms with Crippen LogP contribution in [-0.4, -0.2) is 24.8 Å². The number of benzene rings is 1. The number of hydrogen-bond acceptors (Lipinski definition) is 5. The van der Waals surface area contributed by atoms with Crippen molar-refractivity contribution in [3.8, 4) is 11.5 Å². The Balaban J connectivity index is 1.75. The van der Waals surface area contributed by atoms with E-state index in [9.17, 15) is 0 Å². The van der Waals surface area contributed by atoms with E-state index in [0.717, 1.165) is 16.3 Å². The second-order valence-corrected chi connectivity index (χ2v) is 6.66. The van der Waals surface area contributed by atoms with Crippen LogP contribution in [0.2, 0.25) is 10.0 Å². The minimum absolute atomic E-state index is 0.550. The van der Waals surface area contributed by atoms with Crippen molar-refractivity contribution >= 4 is 39.5 Å². The highest BCUT2D eigenvalue weighted by Gasteiger charge is 2.16. The Morgan fingerprint density at radius 3 is 2.57 bits per heavy atom. The quantitative estimate of drug-likeness (QED) is 0.550. The number of pyridine rings is 1. The molecule has 4 aromatic rings. The van der Waals surface area contributed by atoms with Gasteiger partial charge in [0.15, 0.2) is 0 Å². The highest BCUT2D eigenvalue weighted by atomic mass is 35.5. The summed E-state index contributed by atoms with van der Waals surface area (Å²) in [4.78, 5) is 5.00. The van der Waals surface area contributed by atoms with Crippen LogP contribution < -0.4 is 0 Å². The van der Waals surface area contributed by atoms with Crippen molar-refractivity contribution < 1.29 is 0 Å². The molecule has 23 heavy (non-hydrogen) atoms. The molecule has 0 spiro atoms. The first-order chi connectivity index (χ1) is 11.2. The molecule has 0 bridgehead atoms. The van der Waals surface area contributed by atoms with Gasteiger partial charge in [-0.05, 0) is 29.8 Å². The first-order valence-electron chi connectivity index (χ1n) is 6.78. The molecule has 0 aliphatic carbocycles. The third-order valence-electron chi connectivity index (χ3n) is 3.32. The summed E-state index contributed by atoms with van der Waals surface area (Å²) < 4.78 is 1.70. The molecule has 1 aromatic carbocycles. The lowest BCUT2D eigenvalue weighted by Crippen LogP contribution is -1.95. The molecule has 4 rings (SSSR count). The van der Waals surface area contributed by atoms with Crippen LogP contribution in [0.3, 0.4) is 0 Å². The van der Waals surface area contributed by atoms with Gasteiger partial charge in [0.2, 0.25) is 10.8 Å². The molecule has 5 nitrogen and oxygen atoms in total. The van der Waals surface area contributed by atoms with Gasteiger partial charge in [0.05, 0.1) is 0 Å². The molecule has 0 aliphatic heterocycles. The third-order valence-corrected chi connectivity index (χ3v) is 4.92. The van der Waals surface area contributed by atoms with Gasteiger partial charge in [0.1, 0.15) is 10.7 Å². The largest absolute Gasteiger partial charge is 0.253 e. The van der Waals surface area contributed by atoms with Crippen molar-refractivity contribution in [2.24, 2.45) is 0 Å². The minimum Gasteiger partial charge on any atom is -0.253 e. The van der Waals surface area contributed by atoms with Gasteiger partial charge in [-0.1, -0.05) is 46.7 Å². The highest BCUT2D eigenvalue weighted by molar-refractivity contribution is 7.16. The van der Waals surface area contributed by atoms with Gasteiger partial charge in [0.25, 0.3) is 0 Å². The fourth-order valence-corrected chi connectivity index (χ4v) is 3.61. The lowest BCUT2D eigenvalue weighted by atomic mass is 10.1. The van der Waals surface area contributed by atoms with Crippen LogP contribution in [0.15, 0.2) is 42.6 Å². The van der Waals surface area contributed by atoms with Crippen molar-refractivity contribution in [1.29, 1.82) is 0 Å². The first-order valence-corrected chi connectivity index (χ1v) is 8.35. The van der Waals surface area contributed by atoms with E-state index in [0.29, 0.717) is 27.3 Å². The van der Waals surface area contributed by atoms with Crippen molar-refractivity contribution in [3.63, 3.8) is 0 Å². The predicted octanol–water partition coefficient (Wildman–Crippen LogP) is 4.15. The lowest BCUT2D eigenvalue weighted by molar-refractivity contribution is 0.912. The Bertz CT molecular complexity index is 960. The SMILES string of the molecule is Clc1cccc(Cl)c1Cc1nn2c(-c3ccccn3)nnc2s1. The molecular weight excluding hydrogens is 353 g/mol. The number of fused-ring (bicyclic) bond motifs is 1. The van der Waals surface area contributed by atoms with Gasteiger partial charge in [-0.25, -0.2) is 0 Å². The number of aromatic nitrogens is 5. The van der Waals surface area contributed by atoms with Crippen molar-refractivity contribution in [2.45, 2.75) is 6.42 Å². The summed E-state index contributed by atoms with van der Waals surface area (Å²) in [6, 6.07) is 11.1. The van der Waals surface area contributed by atoms with Crippen molar-refractivity contribution in [3.05, 3.63) is 63.2 Å². The summed E-state index contributed by atoms with van der Waals surface area (Å²) in [6.07, 6.45) is 2.27. The Morgan fingerprint density at radius 2 is 1.83 bits per heavy atom. The Hall–Kier alpha value is -2.02. The van der Waals surface area contributed by atoms with E-state index in [2.05, 4.69) is 20.3 Å². The summed E-state index contributed by atoms with van der Waals surface area (Å²) in [5.41, 5.74) is 1.59. The zero-order valence-electron chi connectivity index (χ0n) is 11.6. The van der Waals surface area contributed by atoms with Crippen LogP contribution in [-0.2, 0) is 6.42 Å². The maximum atomic E-state index is 6.23. The first kappa shape index (κ1) is 14.6. The van der Waals surface area contributed by atoms with E-state index >= 15 is 0 Å². The molecule has 0 radical (unpaired) electrons. The van der Waals surface area contributed by atoms with Crippen LogP contribution >= 0.6 is 34.5 Å². The molecule has 0 unspecified atom stereocenters.